The molecule has 2 bridgehead atoms. The van der Waals surface area contributed by atoms with Gasteiger partial charge in [-0.3, -0.25) is 14.4 Å². The SMILES string of the molecule is C=CCCCCOC(=O)[C@@H]1[C@@H]2CC(C)C3(S2)C(C(=O)N(CC=C)c2ccc(Cl)cc2)N([C@@H](CO)CC(C)C)C(=O)[C@H]13. The first-order chi connectivity index (χ1) is 19.6. The summed E-state index contributed by atoms with van der Waals surface area (Å²) in [6, 6.07) is 5.64. The molecule has 3 unspecified atom stereocenters. The predicted octanol–water partition coefficient (Wildman–Crippen LogP) is 5.50. The van der Waals surface area contributed by atoms with Gasteiger partial charge in [0.25, 0.3) is 5.91 Å². The number of likely N-dealkylation sites (tertiary alicyclic amines) is 1. The number of hydrogen-bond donors (Lipinski definition) is 1. The molecule has 0 aliphatic carbocycles. The molecule has 1 aromatic rings. The highest BCUT2D eigenvalue weighted by atomic mass is 35.5. The van der Waals surface area contributed by atoms with E-state index >= 15 is 0 Å². The zero-order valence-electron chi connectivity index (χ0n) is 24.3. The molecule has 3 aliphatic heterocycles. The smallest absolute Gasteiger partial charge is 0.310 e. The normalized spacial score (nSPS) is 29.0. The number of allylic oxidation sites excluding steroid dienone is 1. The van der Waals surface area contributed by atoms with Gasteiger partial charge in [0.05, 0.1) is 35.8 Å². The van der Waals surface area contributed by atoms with Gasteiger partial charge < -0.3 is 19.6 Å². The molecule has 3 heterocycles. The number of hydrogen-bond acceptors (Lipinski definition) is 6. The molecule has 1 spiro atoms. The molecule has 2 amide bonds. The maximum absolute atomic E-state index is 14.7. The quantitative estimate of drug-likeness (QED) is 0.172. The summed E-state index contributed by atoms with van der Waals surface area (Å²) in [5.41, 5.74) is 0.650. The Hall–Kier alpha value is -2.29. The van der Waals surface area contributed by atoms with Crippen molar-refractivity contribution in [3.63, 3.8) is 0 Å². The Morgan fingerprint density at radius 3 is 2.56 bits per heavy atom. The molecule has 0 aromatic heterocycles. The first kappa shape index (κ1) is 31.6. The fraction of sp³-hybridized carbons (Fsp3) is 0.594. The third-order valence-electron chi connectivity index (χ3n) is 8.80. The molecule has 224 valence electrons. The zero-order chi connectivity index (χ0) is 29.9. The molecule has 1 N–H and O–H groups in total. The van der Waals surface area contributed by atoms with Gasteiger partial charge >= 0.3 is 5.97 Å². The highest BCUT2D eigenvalue weighted by molar-refractivity contribution is 8.02. The van der Waals surface area contributed by atoms with Gasteiger partial charge in [0, 0.05) is 22.5 Å². The summed E-state index contributed by atoms with van der Waals surface area (Å²) in [6.45, 7) is 14.0. The average Bonchev–Trinajstić information content (AvgIpc) is 3.54. The lowest BCUT2D eigenvalue weighted by Crippen LogP contribution is -2.59. The largest absolute Gasteiger partial charge is 0.465 e. The minimum Gasteiger partial charge on any atom is -0.465 e. The Morgan fingerprint density at radius 2 is 1.95 bits per heavy atom. The van der Waals surface area contributed by atoms with Crippen LogP contribution < -0.4 is 4.90 Å². The molecule has 7 nitrogen and oxygen atoms in total. The van der Waals surface area contributed by atoms with E-state index in [1.54, 1.807) is 51.9 Å². The van der Waals surface area contributed by atoms with Crippen molar-refractivity contribution in [1.82, 2.24) is 4.90 Å². The Morgan fingerprint density at radius 1 is 1.24 bits per heavy atom. The van der Waals surface area contributed by atoms with Gasteiger partial charge in [0.15, 0.2) is 0 Å². The second kappa shape index (κ2) is 13.3. The van der Waals surface area contributed by atoms with E-state index in [0.717, 1.165) is 25.7 Å². The van der Waals surface area contributed by atoms with Crippen molar-refractivity contribution < 1.29 is 24.2 Å². The minimum absolute atomic E-state index is 0.0104. The van der Waals surface area contributed by atoms with Crippen LogP contribution in [0.25, 0.3) is 0 Å². The number of aliphatic hydroxyl groups excluding tert-OH is 1. The number of carbonyl (C=O) groups is 3. The number of amides is 2. The van der Waals surface area contributed by atoms with Crippen LogP contribution in [0, 0.1) is 23.7 Å². The van der Waals surface area contributed by atoms with Crippen molar-refractivity contribution in [3.05, 3.63) is 54.6 Å². The van der Waals surface area contributed by atoms with E-state index in [0.29, 0.717) is 23.7 Å². The third-order valence-corrected chi connectivity index (χ3v) is 11.1. The number of carbonyl (C=O) groups excluding carboxylic acids is 3. The molecule has 7 atom stereocenters. The molecule has 3 aliphatic rings. The summed E-state index contributed by atoms with van der Waals surface area (Å²) in [6.07, 6.45) is 7.23. The van der Waals surface area contributed by atoms with Crippen LogP contribution in [0.2, 0.25) is 5.02 Å². The van der Waals surface area contributed by atoms with Crippen LogP contribution >= 0.6 is 23.4 Å². The molecule has 4 rings (SSSR count). The first-order valence-electron chi connectivity index (χ1n) is 14.7. The number of aliphatic hydroxyl groups is 1. The monoisotopic (exact) mass is 602 g/mol. The number of rotatable bonds is 14. The van der Waals surface area contributed by atoms with E-state index < -0.39 is 28.7 Å². The van der Waals surface area contributed by atoms with Crippen LogP contribution in [-0.2, 0) is 19.1 Å². The number of fused-ring (bicyclic) bond motifs is 1. The summed E-state index contributed by atoms with van der Waals surface area (Å²) < 4.78 is 4.93. The molecule has 0 radical (unpaired) electrons. The van der Waals surface area contributed by atoms with E-state index in [1.165, 1.54) is 0 Å². The average molecular weight is 603 g/mol. The summed E-state index contributed by atoms with van der Waals surface area (Å²) in [4.78, 5) is 46.0. The van der Waals surface area contributed by atoms with Gasteiger partial charge in [-0.05, 0) is 68.2 Å². The van der Waals surface area contributed by atoms with Gasteiger partial charge in [-0.2, -0.15) is 0 Å². The van der Waals surface area contributed by atoms with Crippen molar-refractivity contribution >= 4 is 46.8 Å². The van der Waals surface area contributed by atoms with Crippen molar-refractivity contribution in [2.75, 3.05) is 24.7 Å². The van der Waals surface area contributed by atoms with Crippen LogP contribution in [0.5, 0.6) is 0 Å². The van der Waals surface area contributed by atoms with Crippen molar-refractivity contribution in [1.29, 1.82) is 0 Å². The highest BCUT2D eigenvalue weighted by Gasteiger charge is 2.77. The molecule has 41 heavy (non-hydrogen) atoms. The first-order valence-corrected chi connectivity index (χ1v) is 15.9. The standard InChI is InChI=1S/C32H43ClN2O5S/c1-6-8-9-10-16-40-31(39)26-25-18-21(5)32(41-25)27(26)29(37)35(24(19-36)17-20(3)4)28(32)30(38)34(15-7-2)23-13-11-22(33)12-14-23/h6-7,11-14,20-21,24-28,36H,1-2,8-10,15-19H2,3-5H3/t21?,24-,25+,26-,27+,28?,32?/m1/s1. The van der Waals surface area contributed by atoms with Crippen molar-refractivity contribution in [2.45, 2.75) is 75.0 Å². The number of anilines is 1. The molecule has 3 saturated heterocycles. The number of unbranched alkanes of at least 4 members (excludes halogenated alkanes) is 2. The minimum atomic E-state index is -0.845. The van der Waals surface area contributed by atoms with Crippen LogP contribution in [0.15, 0.2) is 49.6 Å². The van der Waals surface area contributed by atoms with Crippen molar-refractivity contribution in [2.24, 2.45) is 23.7 Å². The summed E-state index contributed by atoms with van der Waals surface area (Å²) in [5, 5.41) is 11.0. The van der Waals surface area contributed by atoms with Crippen molar-refractivity contribution in [3.8, 4) is 0 Å². The molecular formula is C32H43ClN2O5S. The van der Waals surface area contributed by atoms with E-state index in [1.807, 2.05) is 19.9 Å². The number of ether oxygens (including phenoxy) is 1. The lowest BCUT2D eigenvalue weighted by molar-refractivity contribution is -0.155. The maximum atomic E-state index is 14.7. The topological polar surface area (TPSA) is 87.2 Å². The van der Waals surface area contributed by atoms with Gasteiger partial charge in [-0.15, -0.1) is 24.9 Å². The number of benzene rings is 1. The highest BCUT2D eigenvalue weighted by Crippen LogP contribution is 2.69. The molecule has 9 heteroatoms. The molecular weight excluding hydrogens is 560 g/mol. The fourth-order valence-electron chi connectivity index (χ4n) is 7.10. The van der Waals surface area contributed by atoms with Crippen LogP contribution in [-0.4, -0.2) is 69.6 Å². The van der Waals surface area contributed by atoms with E-state index in [2.05, 4.69) is 20.1 Å². The van der Waals surface area contributed by atoms with Crippen LogP contribution in [0.4, 0.5) is 5.69 Å². The summed E-state index contributed by atoms with van der Waals surface area (Å²) >= 11 is 7.76. The summed E-state index contributed by atoms with van der Waals surface area (Å²) in [5.74, 6) is -1.93. The Bertz CT molecular complexity index is 1140. The molecule has 3 fully saturated rings. The van der Waals surface area contributed by atoms with E-state index in [9.17, 15) is 19.5 Å². The van der Waals surface area contributed by atoms with E-state index in [-0.39, 0.29) is 48.0 Å². The second-order valence-electron chi connectivity index (χ2n) is 11.9. The lowest BCUT2D eigenvalue weighted by atomic mass is 9.66. The number of esters is 1. The second-order valence-corrected chi connectivity index (χ2v) is 13.9. The van der Waals surface area contributed by atoms with Gasteiger partial charge in [0.2, 0.25) is 5.91 Å². The Balaban J connectivity index is 1.75. The third kappa shape index (κ3) is 5.84. The van der Waals surface area contributed by atoms with Gasteiger partial charge in [-0.1, -0.05) is 44.5 Å². The van der Waals surface area contributed by atoms with Gasteiger partial charge in [0.1, 0.15) is 6.04 Å². The molecule has 0 saturated carbocycles. The van der Waals surface area contributed by atoms with Crippen LogP contribution in [0.1, 0.15) is 52.9 Å². The number of thioether (sulfide) groups is 1. The van der Waals surface area contributed by atoms with Crippen LogP contribution in [0.3, 0.4) is 0 Å². The van der Waals surface area contributed by atoms with E-state index in [4.69, 9.17) is 16.3 Å². The number of nitrogens with zero attached hydrogens (tertiary/aromatic N) is 2. The Labute approximate surface area is 253 Å². The van der Waals surface area contributed by atoms with Gasteiger partial charge in [-0.25, -0.2) is 0 Å². The fourth-order valence-corrected chi connectivity index (χ4v) is 9.62. The maximum Gasteiger partial charge on any atom is 0.310 e. The summed E-state index contributed by atoms with van der Waals surface area (Å²) in [7, 11) is 0. The molecule has 1 aromatic carbocycles. The zero-order valence-corrected chi connectivity index (χ0v) is 25.9. The number of halogens is 1. The predicted molar refractivity (Wildman–Crippen MR) is 165 cm³/mol. The lowest BCUT2D eigenvalue weighted by Gasteiger charge is -2.42. The Kier molecular flexibility index (Phi) is 10.3.